The molecule has 1 N–H and O–H groups in total. The third-order valence-electron chi connectivity index (χ3n) is 4.45. The molecular weight excluding hydrogens is 378 g/mol. The minimum absolute atomic E-state index is 0.302. The Kier molecular flexibility index (Phi) is 4.84. The molecule has 1 aromatic heterocycles. The van der Waals surface area contributed by atoms with Crippen LogP contribution in [0, 0.1) is 0 Å². The highest BCUT2D eigenvalue weighted by Gasteiger charge is 2.19. The first-order valence-corrected chi connectivity index (χ1v) is 9.15. The zero-order chi connectivity index (χ0) is 19.7. The second kappa shape index (κ2) is 7.44. The first kappa shape index (κ1) is 18.2. The van der Waals surface area contributed by atoms with Gasteiger partial charge in [0.2, 0.25) is 0 Å². The van der Waals surface area contributed by atoms with Crippen molar-refractivity contribution in [3.8, 4) is 11.5 Å². The van der Waals surface area contributed by atoms with Gasteiger partial charge >= 0.3 is 0 Å². The quantitative estimate of drug-likeness (QED) is 0.474. The monoisotopic (exact) mass is 395 g/mol. The molecule has 0 fully saturated rings. The molecule has 28 heavy (non-hydrogen) atoms. The summed E-state index contributed by atoms with van der Waals surface area (Å²) in [6, 6.07) is 18.2. The molecule has 5 nitrogen and oxygen atoms in total. The summed E-state index contributed by atoms with van der Waals surface area (Å²) in [7, 11) is 1.56. The summed E-state index contributed by atoms with van der Waals surface area (Å²) in [5.74, 6) is 0.807. The number of rotatable bonds is 5. The number of methoxy groups -OCH3 is 1. The number of carbonyl (C=O) groups excluding carboxylic acids is 1. The third-order valence-corrected chi connectivity index (χ3v) is 4.70. The maximum absolute atomic E-state index is 12.6. The molecule has 3 aromatic carbocycles. The number of furan rings is 1. The Balaban J connectivity index is 1.59. The SMILES string of the molecule is COc1cc2c(cc1NC(=O)[C@H](C)Oc1ccc(Cl)cc1)oc1ccccc12. The number of benzene rings is 3. The van der Waals surface area contributed by atoms with Gasteiger partial charge in [0, 0.05) is 21.9 Å². The number of ether oxygens (including phenoxy) is 2. The van der Waals surface area contributed by atoms with Crippen LogP contribution in [-0.2, 0) is 4.79 Å². The minimum Gasteiger partial charge on any atom is -0.495 e. The molecule has 4 aromatic rings. The average molecular weight is 396 g/mol. The topological polar surface area (TPSA) is 60.7 Å². The van der Waals surface area contributed by atoms with Crippen LogP contribution in [0.25, 0.3) is 21.9 Å². The van der Waals surface area contributed by atoms with Crippen LogP contribution < -0.4 is 14.8 Å². The van der Waals surface area contributed by atoms with Gasteiger partial charge in [-0.2, -0.15) is 0 Å². The summed E-state index contributed by atoms with van der Waals surface area (Å²) in [5, 5.41) is 5.38. The fraction of sp³-hybridized carbons (Fsp3) is 0.136. The molecule has 0 spiro atoms. The zero-order valence-electron chi connectivity index (χ0n) is 15.4. The van der Waals surface area contributed by atoms with Crippen molar-refractivity contribution >= 4 is 45.1 Å². The van der Waals surface area contributed by atoms with Crippen molar-refractivity contribution in [3.05, 3.63) is 65.7 Å². The molecule has 1 amide bonds. The summed E-state index contributed by atoms with van der Waals surface area (Å²) in [5.41, 5.74) is 1.97. The summed E-state index contributed by atoms with van der Waals surface area (Å²) in [6.45, 7) is 1.68. The van der Waals surface area contributed by atoms with E-state index in [4.69, 9.17) is 25.5 Å². The van der Waals surface area contributed by atoms with Gasteiger partial charge in [0.15, 0.2) is 6.10 Å². The predicted octanol–water partition coefficient (Wildman–Crippen LogP) is 5.65. The van der Waals surface area contributed by atoms with Gasteiger partial charge in [0.05, 0.1) is 12.8 Å². The second-order valence-corrected chi connectivity index (χ2v) is 6.79. The lowest BCUT2D eigenvalue weighted by Crippen LogP contribution is -2.30. The minimum atomic E-state index is -0.711. The Bertz CT molecular complexity index is 1150. The van der Waals surface area contributed by atoms with Crippen LogP contribution in [0.5, 0.6) is 11.5 Å². The first-order valence-electron chi connectivity index (χ1n) is 8.77. The molecule has 4 rings (SSSR count). The van der Waals surface area contributed by atoms with Crippen LogP contribution in [0.4, 0.5) is 5.69 Å². The summed E-state index contributed by atoms with van der Waals surface area (Å²) in [4.78, 5) is 12.6. The molecule has 142 valence electrons. The van der Waals surface area contributed by atoms with E-state index in [1.54, 1.807) is 44.4 Å². The Hall–Kier alpha value is -3.18. The lowest BCUT2D eigenvalue weighted by atomic mass is 10.1. The Morgan fingerprint density at radius 2 is 1.79 bits per heavy atom. The van der Waals surface area contributed by atoms with E-state index in [1.165, 1.54) is 0 Å². The molecule has 0 saturated heterocycles. The van der Waals surface area contributed by atoms with E-state index in [2.05, 4.69) is 5.32 Å². The van der Waals surface area contributed by atoms with Crippen molar-refractivity contribution in [1.29, 1.82) is 0 Å². The number of anilines is 1. The number of nitrogens with one attached hydrogen (secondary N) is 1. The van der Waals surface area contributed by atoms with E-state index >= 15 is 0 Å². The van der Waals surface area contributed by atoms with E-state index in [1.807, 2.05) is 30.3 Å². The third kappa shape index (κ3) is 3.49. The van der Waals surface area contributed by atoms with E-state index in [-0.39, 0.29) is 5.91 Å². The molecule has 0 aliphatic heterocycles. The normalized spacial score (nSPS) is 12.1. The second-order valence-electron chi connectivity index (χ2n) is 6.35. The smallest absolute Gasteiger partial charge is 0.265 e. The molecule has 0 aliphatic rings. The molecule has 0 aliphatic carbocycles. The number of halogens is 1. The fourth-order valence-corrected chi connectivity index (χ4v) is 3.15. The van der Waals surface area contributed by atoms with Crippen molar-refractivity contribution in [1.82, 2.24) is 0 Å². The zero-order valence-corrected chi connectivity index (χ0v) is 16.1. The number of amides is 1. The summed E-state index contributed by atoms with van der Waals surface area (Å²) >= 11 is 5.87. The molecule has 0 unspecified atom stereocenters. The number of carbonyl (C=O) groups is 1. The highest BCUT2D eigenvalue weighted by Crippen LogP contribution is 2.36. The highest BCUT2D eigenvalue weighted by molar-refractivity contribution is 6.30. The van der Waals surface area contributed by atoms with Gasteiger partial charge in [-0.1, -0.05) is 29.8 Å². The van der Waals surface area contributed by atoms with Gasteiger partial charge in [-0.05, 0) is 43.3 Å². The van der Waals surface area contributed by atoms with Crippen LogP contribution in [-0.4, -0.2) is 19.1 Å². The van der Waals surface area contributed by atoms with Crippen molar-refractivity contribution in [2.75, 3.05) is 12.4 Å². The van der Waals surface area contributed by atoms with E-state index in [0.29, 0.717) is 27.8 Å². The molecular formula is C22H18ClNO4. The largest absolute Gasteiger partial charge is 0.495 e. The van der Waals surface area contributed by atoms with Crippen LogP contribution in [0.1, 0.15) is 6.92 Å². The average Bonchev–Trinajstić information content (AvgIpc) is 3.06. The fourth-order valence-electron chi connectivity index (χ4n) is 3.02. The van der Waals surface area contributed by atoms with Crippen molar-refractivity contribution in [2.24, 2.45) is 0 Å². The van der Waals surface area contributed by atoms with Crippen molar-refractivity contribution < 1.29 is 18.7 Å². The van der Waals surface area contributed by atoms with Gasteiger partial charge in [-0.3, -0.25) is 4.79 Å². The molecule has 6 heteroatoms. The Morgan fingerprint density at radius 3 is 2.54 bits per heavy atom. The van der Waals surface area contributed by atoms with Crippen LogP contribution in [0.3, 0.4) is 0 Å². The van der Waals surface area contributed by atoms with Gasteiger partial charge in [0.1, 0.15) is 22.7 Å². The maximum atomic E-state index is 12.6. The van der Waals surface area contributed by atoms with Gasteiger partial charge in [-0.25, -0.2) is 0 Å². The summed E-state index contributed by atoms with van der Waals surface area (Å²) < 4.78 is 17.0. The van der Waals surface area contributed by atoms with Crippen LogP contribution >= 0.6 is 11.6 Å². The predicted molar refractivity (Wildman–Crippen MR) is 110 cm³/mol. The molecule has 1 heterocycles. The van der Waals surface area contributed by atoms with Crippen molar-refractivity contribution in [3.63, 3.8) is 0 Å². The van der Waals surface area contributed by atoms with Crippen LogP contribution in [0.15, 0.2) is 65.1 Å². The summed E-state index contributed by atoms with van der Waals surface area (Å²) in [6.07, 6.45) is -0.711. The van der Waals surface area contributed by atoms with E-state index < -0.39 is 6.10 Å². The number of para-hydroxylation sites is 1. The van der Waals surface area contributed by atoms with E-state index in [0.717, 1.165) is 16.4 Å². The number of fused-ring (bicyclic) bond motifs is 3. The number of hydrogen-bond donors (Lipinski definition) is 1. The molecule has 0 radical (unpaired) electrons. The molecule has 1 atom stereocenters. The van der Waals surface area contributed by atoms with Gasteiger partial charge in [-0.15, -0.1) is 0 Å². The Morgan fingerprint density at radius 1 is 1.04 bits per heavy atom. The lowest BCUT2D eigenvalue weighted by Gasteiger charge is -2.16. The lowest BCUT2D eigenvalue weighted by molar-refractivity contribution is -0.122. The Labute approximate surface area is 166 Å². The molecule has 0 saturated carbocycles. The van der Waals surface area contributed by atoms with Gasteiger partial charge in [0.25, 0.3) is 5.91 Å². The highest BCUT2D eigenvalue weighted by atomic mass is 35.5. The van der Waals surface area contributed by atoms with E-state index in [9.17, 15) is 4.79 Å². The molecule has 0 bridgehead atoms. The van der Waals surface area contributed by atoms with Gasteiger partial charge < -0.3 is 19.2 Å². The van der Waals surface area contributed by atoms with Crippen molar-refractivity contribution in [2.45, 2.75) is 13.0 Å². The standard InChI is InChI=1S/C22H18ClNO4/c1-13(27-15-9-7-14(23)8-10-15)22(25)24-18-12-20-17(11-21(18)26-2)16-5-3-4-6-19(16)28-20/h3-13H,1-2H3,(H,24,25)/t13-/m0/s1. The van der Waals surface area contributed by atoms with Crippen LogP contribution in [0.2, 0.25) is 5.02 Å². The first-order chi connectivity index (χ1) is 13.5. The maximum Gasteiger partial charge on any atom is 0.265 e. The number of hydrogen-bond acceptors (Lipinski definition) is 4.